The number of anilines is 1. The number of hydrogen-bond donors (Lipinski definition) is 5. The summed E-state index contributed by atoms with van der Waals surface area (Å²) in [5.74, 6) is -3.11. The monoisotopic (exact) mass is 569 g/mol. The van der Waals surface area contributed by atoms with E-state index in [-0.39, 0.29) is 18.6 Å². The summed E-state index contributed by atoms with van der Waals surface area (Å²) in [4.78, 5) is 39.0. The zero-order valence-corrected chi connectivity index (χ0v) is 22.0. The van der Waals surface area contributed by atoms with Crippen LogP contribution in [0.5, 0.6) is 0 Å². The molecule has 2 saturated heterocycles. The Labute approximate surface area is 229 Å². The lowest BCUT2D eigenvalue weighted by atomic mass is 9.86. The van der Waals surface area contributed by atoms with Gasteiger partial charge in [0.1, 0.15) is 5.67 Å². The summed E-state index contributed by atoms with van der Waals surface area (Å²) in [6, 6.07) is 5.11. The number of aromatic nitrogens is 1. The van der Waals surface area contributed by atoms with Gasteiger partial charge in [-0.1, -0.05) is 11.6 Å². The number of Topliss-reactive ketones (excluding diaryl/α,β-unsaturated/α-hetero) is 1. The van der Waals surface area contributed by atoms with Crippen LogP contribution in [0, 0.1) is 5.92 Å². The Morgan fingerprint density at radius 2 is 1.85 bits per heavy atom. The topological polar surface area (TPSA) is 184 Å². The molecule has 3 unspecified atom stereocenters. The molecule has 0 bridgehead atoms. The number of nitrogen functional groups attached to an aromatic ring is 1. The lowest BCUT2D eigenvalue weighted by molar-refractivity contribution is -0.165. The summed E-state index contributed by atoms with van der Waals surface area (Å²) in [7, 11) is 0. The average molecular weight is 570 g/mol. The van der Waals surface area contributed by atoms with Gasteiger partial charge in [-0.05, 0) is 49.8 Å². The van der Waals surface area contributed by atoms with Crippen LogP contribution < -0.4 is 5.73 Å². The first kappa shape index (κ1) is 30.6. The number of nitrogens with two attached hydrogens (primary N) is 1. The number of carbonyl (C=O) groups is 3. The Bertz CT molecular complexity index is 1170. The number of piperidine rings is 1. The third-order valence-electron chi connectivity index (χ3n) is 7.08. The van der Waals surface area contributed by atoms with Crippen molar-refractivity contribution in [2.24, 2.45) is 5.92 Å². The lowest BCUT2D eigenvalue weighted by Gasteiger charge is -2.37. The summed E-state index contributed by atoms with van der Waals surface area (Å²) >= 11 is 6.21. The molecule has 0 radical (unpaired) electrons. The Morgan fingerprint density at radius 3 is 2.41 bits per heavy atom. The summed E-state index contributed by atoms with van der Waals surface area (Å²) in [5, 5.41) is 33.5. The first-order valence-electron chi connectivity index (χ1n) is 12.6. The van der Waals surface area contributed by atoms with Crippen LogP contribution in [0.4, 0.5) is 10.1 Å². The van der Waals surface area contributed by atoms with Crippen molar-refractivity contribution in [2.45, 2.75) is 50.0 Å². The van der Waals surface area contributed by atoms with Gasteiger partial charge in [0.2, 0.25) is 0 Å². The second-order valence-corrected chi connectivity index (χ2v) is 10.3. The fraction of sp³-hybridized carbons (Fsp3) is 0.538. The summed E-state index contributed by atoms with van der Waals surface area (Å²) < 4.78 is 20.8. The predicted molar refractivity (Wildman–Crippen MR) is 140 cm³/mol. The number of alkyl halides is 1. The minimum absolute atomic E-state index is 0.138. The van der Waals surface area contributed by atoms with Gasteiger partial charge in [0.25, 0.3) is 0 Å². The number of hydrogen-bond acceptors (Lipinski definition) is 9. The fourth-order valence-electron chi connectivity index (χ4n) is 4.67. The van der Waals surface area contributed by atoms with Gasteiger partial charge in [0.15, 0.2) is 18.0 Å². The van der Waals surface area contributed by atoms with Crippen molar-refractivity contribution in [3.05, 3.63) is 35.0 Å². The first-order chi connectivity index (χ1) is 18.4. The number of carboxylic acids is 2. The minimum atomic E-state index is -2.27. The third-order valence-corrected chi connectivity index (χ3v) is 7.39. The van der Waals surface area contributed by atoms with Crippen molar-refractivity contribution >= 4 is 45.9 Å². The molecule has 1 aromatic carbocycles. The van der Waals surface area contributed by atoms with Gasteiger partial charge in [0, 0.05) is 49.8 Å². The largest absolute Gasteiger partial charge is 0.479 e. The van der Waals surface area contributed by atoms with Gasteiger partial charge < -0.3 is 35.8 Å². The number of carboxylic acid groups (broad SMARTS) is 2. The molecule has 6 N–H and O–H groups in total. The fourth-order valence-corrected chi connectivity index (χ4v) is 4.88. The molecule has 214 valence electrons. The smallest absolute Gasteiger partial charge is 0.335 e. The van der Waals surface area contributed by atoms with Crippen LogP contribution in [-0.4, -0.2) is 98.8 Å². The summed E-state index contributed by atoms with van der Waals surface area (Å²) in [6.45, 7) is 4.11. The number of ketones is 1. The van der Waals surface area contributed by atoms with Crippen molar-refractivity contribution in [3.63, 3.8) is 0 Å². The molecule has 4 rings (SSSR count). The van der Waals surface area contributed by atoms with Crippen LogP contribution in [0.2, 0.25) is 5.02 Å². The Morgan fingerprint density at radius 1 is 1.21 bits per heavy atom. The van der Waals surface area contributed by atoms with Crippen molar-refractivity contribution in [1.29, 1.82) is 0 Å². The van der Waals surface area contributed by atoms with E-state index in [0.29, 0.717) is 45.9 Å². The maximum Gasteiger partial charge on any atom is 0.335 e. The molecular formula is C26H33ClFN3O8. The molecule has 13 heteroatoms. The molecular weight excluding hydrogens is 537 g/mol. The van der Waals surface area contributed by atoms with Crippen LogP contribution in [0.3, 0.4) is 0 Å². The number of pyridine rings is 1. The maximum absolute atomic E-state index is 15.3. The van der Waals surface area contributed by atoms with Crippen molar-refractivity contribution in [3.8, 4) is 0 Å². The Kier molecular flexibility index (Phi) is 10.6. The van der Waals surface area contributed by atoms with E-state index in [1.165, 1.54) is 0 Å². The van der Waals surface area contributed by atoms with E-state index in [2.05, 4.69) is 9.88 Å². The number of halogens is 2. The number of rotatable bonds is 9. The molecule has 11 nitrogen and oxygen atoms in total. The van der Waals surface area contributed by atoms with E-state index in [0.717, 1.165) is 39.3 Å². The highest BCUT2D eigenvalue weighted by Crippen LogP contribution is 2.35. The highest BCUT2D eigenvalue weighted by Gasteiger charge is 2.36. The number of benzene rings is 1. The lowest BCUT2D eigenvalue weighted by Crippen LogP contribution is -2.43. The molecule has 0 saturated carbocycles. The summed E-state index contributed by atoms with van der Waals surface area (Å²) in [5.41, 5.74) is 6.08. The standard InChI is InChI=1S/C22H27ClFN3O2.C4H6O6/c23-18-12-17(21-16(20(18)25)2-1-8-26-21)19(28)3-5-22(24)6-9-27(10-7-22)13-15-4-11-29-14-15;5-1(3(7)8)2(6)4(9)10/h1-2,8,12,15H,3-7,9-11,13-14,25H2;1-2,5-6H,(H,7,8)(H,9,10). The number of carbonyl (C=O) groups excluding carboxylic acids is 1. The van der Waals surface area contributed by atoms with Gasteiger partial charge in [-0.25, -0.2) is 14.0 Å². The van der Waals surface area contributed by atoms with Crippen LogP contribution in [-0.2, 0) is 14.3 Å². The number of fused-ring (bicyclic) bond motifs is 1. The zero-order chi connectivity index (χ0) is 28.7. The van der Waals surface area contributed by atoms with Crippen molar-refractivity contribution in [1.82, 2.24) is 9.88 Å². The molecule has 3 atom stereocenters. The van der Waals surface area contributed by atoms with Crippen LogP contribution in [0.15, 0.2) is 24.4 Å². The number of ether oxygens (including phenoxy) is 1. The molecule has 0 aliphatic carbocycles. The minimum Gasteiger partial charge on any atom is -0.479 e. The second-order valence-electron chi connectivity index (χ2n) is 9.89. The average Bonchev–Trinajstić information content (AvgIpc) is 3.43. The first-order valence-corrected chi connectivity index (χ1v) is 13.0. The van der Waals surface area contributed by atoms with Gasteiger partial charge in [-0.2, -0.15) is 0 Å². The van der Waals surface area contributed by atoms with Crippen LogP contribution >= 0.6 is 11.6 Å². The molecule has 3 heterocycles. The molecule has 0 spiro atoms. The Hall–Kier alpha value is -2.90. The van der Waals surface area contributed by atoms with E-state index < -0.39 is 29.8 Å². The Balaban J connectivity index is 0.000000360. The van der Waals surface area contributed by atoms with Gasteiger partial charge in [0.05, 0.1) is 22.8 Å². The number of aliphatic carboxylic acids is 2. The third kappa shape index (κ3) is 8.05. The number of aliphatic hydroxyl groups excluding tert-OH is 2. The maximum atomic E-state index is 15.3. The predicted octanol–water partition coefficient (Wildman–Crippen LogP) is 2.15. The van der Waals surface area contributed by atoms with Gasteiger partial charge in [-0.15, -0.1) is 0 Å². The summed E-state index contributed by atoms with van der Waals surface area (Å²) in [6.07, 6.45) is -0.520. The molecule has 2 aliphatic heterocycles. The molecule has 39 heavy (non-hydrogen) atoms. The van der Waals surface area contributed by atoms with E-state index in [9.17, 15) is 14.4 Å². The normalized spacial score (nSPS) is 20.6. The number of aliphatic hydroxyl groups is 2. The van der Waals surface area contributed by atoms with Crippen LogP contribution in [0.1, 0.15) is 42.5 Å². The quantitative estimate of drug-likeness (QED) is 0.220. The van der Waals surface area contributed by atoms with Crippen LogP contribution in [0.25, 0.3) is 10.9 Å². The number of nitrogens with zero attached hydrogens (tertiary/aromatic N) is 2. The van der Waals surface area contributed by atoms with Gasteiger partial charge in [-0.3, -0.25) is 9.78 Å². The van der Waals surface area contributed by atoms with Crippen molar-refractivity contribution in [2.75, 3.05) is 38.6 Å². The zero-order valence-electron chi connectivity index (χ0n) is 21.3. The highest BCUT2D eigenvalue weighted by atomic mass is 35.5. The van der Waals surface area contributed by atoms with Crippen molar-refractivity contribution < 1.29 is 43.9 Å². The van der Waals surface area contributed by atoms with E-state index in [4.69, 9.17) is 42.5 Å². The van der Waals surface area contributed by atoms with E-state index >= 15 is 4.39 Å². The number of likely N-dealkylation sites (tertiary alicyclic amines) is 1. The van der Waals surface area contributed by atoms with Gasteiger partial charge >= 0.3 is 11.9 Å². The van der Waals surface area contributed by atoms with E-state index in [1.54, 1.807) is 24.4 Å². The molecule has 2 fully saturated rings. The highest BCUT2D eigenvalue weighted by molar-refractivity contribution is 6.35. The molecule has 2 aliphatic rings. The molecule has 2 aromatic rings. The second kappa shape index (κ2) is 13.4. The molecule has 0 amide bonds. The van der Waals surface area contributed by atoms with E-state index in [1.807, 2.05) is 0 Å². The molecule has 1 aromatic heterocycles. The SMILES string of the molecule is Nc1c(Cl)cc(C(=O)CCC2(F)CCN(CC3CCOC3)CC2)c2ncccc12.O=C(O)C(O)C(O)C(=O)O.